The predicted molar refractivity (Wildman–Crippen MR) is 62.3 cm³/mol. The minimum atomic E-state index is 0.0205. The summed E-state index contributed by atoms with van der Waals surface area (Å²) in [6.45, 7) is 1.56. The average Bonchev–Trinajstić information content (AvgIpc) is 2.66. The molecule has 0 atom stereocenters. The molecule has 3 rings (SSSR count). The number of aromatic nitrogens is 2. The maximum Gasteiger partial charge on any atom is 0.389 e. The van der Waals surface area contributed by atoms with Crippen molar-refractivity contribution in [3.8, 4) is 0 Å². The second-order valence-electron chi connectivity index (χ2n) is 3.87. The number of hydrogen-bond acceptors (Lipinski definition) is 1. The molecule has 0 saturated carbocycles. The summed E-state index contributed by atoms with van der Waals surface area (Å²) < 4.78 is 1.60. The van der Waals surface area contributed by atoms with E-state index in [-0.39, 0.29) is 5.91 Å². The molecule has 3 aromatic rings. The minimum absolute atomic E-state index is 0.0205. The molecule has 0 aliphatic heterocycles. The van der Waals surface area contributed by atoms with Gasteiger partial charge in [0.15, 0.2) is 12.4 Å². The van der Waals surface area contributed by atoms with Crippen molar-refractivity contribution in [2.75, 3.05) is 0 Å². The van der Waals surface area contributed by atoms with Gasteiger partial charge in [0.1, 0.15) is 0 Å². The number of carbonyl (C=O) groups excluding carboxylic acids is 1. The quantitative estimate of drug-likeness (QED) is 0.569. The van der Waals surface area contributed by atoms with Gasteiger partial charge in [0, 0.05) is 17.0 Å². The van der Waals surface area contributed by atoms with Crippen LogP contribution >= 0.6 is 0 Å². The van der Waals surface area contributed by atoms with E-state index >= 15 is 0 Å². The topological polar surface area (TPSA) is 36.7 Å². The highest BCUT2D eigenvalue weighted by molar-refractivity contribution is 6.06. The first-order valence-corrected chi connectivity index (χ1v) is 5.18. The van der Waals surface area contributed by atoms with Gasteiger partial charge in [-0.25, -0.2) is 4.79 Å². The monoisotopic (exact) mass is 211 g/mol. The van der Waals surface area contributed by atoms with E-state index in [9.17, 15) is 4.79 Å². The summed E-state index contributed by atoms with van der Waals surface area (Å²) in [4.78, 5) is 14.6. The van der Waals surface area contributed by atoms with Crippen LogP contribution in [0.3, 0.4) is 0 Å². The number of H-pyrrole nitrogens is 1. The van der Waals surface area contributed by atoms with Crippen LogP contribution in [0.4, 0.5) is 0 Å². The highest BCUT2D eigenvalue weighted by atomic mass is 16.1. The van der Waals surface area contributed by atoms with E-state index in [0.29, 0.717) is 0 Å². The van der Waals surface area contributed by atoms with Crippen LogP contribution < -0.4 is 4.57 Å². The molecule has 2 heterocycles. The standard InChI is InChI=1S/C13H10N2O/c1-9(16)15-7-6-13-11(8-15)10-4-2-3-5-12(10)14-13/h2-8H,1H3/p+1. The Morgan fingerprint density at radius 3 is 2.69 bits per heavy atom. The van der Waals surface area contributed by atoms with Gasteiger partial charge < -0.3 is 4.98 Å². The van der Waals surface area contributed by atoms with E-state index in [1.54, 1.807) is 17.7 Å². The Bertz CT molecular complexity index is 697. The molecule has 0 saturated heterocycles. The van der Waals surface area contributed by atoms with Crippen LogP contribution in [0, 0.1) is 0 Å². The van der Waals surface area contributed by atoms with Crippen molar-refractivity contribution in [3.63, 3.8) is 0 Å². The van der Waals surface area contributed by atoms with Gasteiger partial charge in [-0.2, -0.15) is 0 Å². The highest BCUT2D eigenvalue weighted by Crippen LogP contribution is 2.23. The van der Waals surface area contributed by atoms with Crippen molar-refractivity contribution in [1.29, 1.82) is 0 Å². The third-order valence-electron chi connectivity index (χ3n) is 2.81. The molecular weight excluding hydrogens is 200 g/mol. The molecule has 0 aliphatic rings. The van der Waals surface area contributed by atoms with Gasteiger partial charge in [0.2, 0.25) is 0 Å². The normalized spacial score (nSPS) is 11.1. The van der Waals surface area contributed by atoms with Crippen LogP contribution in [0.2, 0.25) is 0 Å². The third kappa shape index (κ3) is 1.21. The fourth-order valence-electron chi connectivity index (χ4n) is 1.99. The summed E-state index contributed by atoms with van der Waals surface area (Å²) in [5.74, 6) is 0.0205. The number of benzene rings is 1. The van der Waals surface area contributed by atoms with Crippen LogP contribution in [0.5, 0.6) is 0 Å². The maximum absolute atomic E-state index is 11.3. The van der Waals surface area contributed by atoms with E-state index in [2.05, 4.69) is 11.1 Å². The van der Waals surface area contributed by atoms with E-state index < -0.39 is 0 Å². The van der Waals surface area contributed by atoms with Gasteiger partial charge >= 0.3 is 5.91 Å². The smallest absolute Gasteiger partial charge is 0.354 e. The number of aromatic amines is 1. The summed E-state index contributed by atoms with van der Waals surface area (Å²) in [7, 11) is 0. The number of rotatable bonds is 0. The zero-order valence-electron chi connectivity index (χ0n) is 8.90. The fraction of sp³-hybridized carbons (Fsp3) is 0.0769. The van der Waals surface area contributed by atoms with E-state index in [1.165, 1.54) is 0 Å². The molecule has 1 aromatic carbocycles. The first kappa shape index (κ1) is 9.09. The molecule has 16 heavy (non-hydrogen) atoms. The third-order valence-corrected chi connectivity index (χ3v) is 2.81. The lowest BCUT2D eigenvalue weighted by Gasteiger charge is -1.90. The number of fused-ring (bicyclic) bond motifs is 3. The molecule has 0 aliphatic carbocycles. The van der Waals surface area contributed by atoms with Gasteiger partial charge in [-0.1, -0.05) is 18.2 Å². The second-order valence-corrected chi connectivity index (χ2v) is 3.87. The van der Waals surface area contributed by atoms with E-state index in [4.69, 9.17) is 0 Å². The highest BCUT2D eigenvalue weighted by Gasteiger charge is 2.11. The fourth-order valence-corrected chi connectivity index (χ4v) is 1.99. The molecule has 3 nitrogen and oxygen atoms in total. The van der Waals surface area contributed by atoms with Crippen LogP contribution in [0.25, 0.3) is 21.8 Å². The maximum atomic E-state index is 11.3. The Morgan fingerprint density at radius 2 is 1.88 bits per heavy atom. The lowest BCUT2D eigenvalue weighted by molar-refractivity contribution is -0.571. The Labute approximate surface area is 92.3 Å². The van der Waals surface area contributed by atoms with E-state index in [0.717, 1.165) is 21.8 Å². The van der Waals surface area contributed by atoms with Gasteiger partial charge in [0.05, 0.1) is 17.8 Å². The van der Waals surface area contributed by atoms with Gasteiger partial charge in [-0.05, 0) is 6.07 Å². The van der Waals surface area contributed by atoms with Crippen molar-refractivity contribution in [3.05, 3.63) is 42.7 Å². The van der Waals surface area contributed by atoms with Crippen LogP contribution in [-0.2, 0) is 0 Å². The summed E-state index contributed by atoms with van der Waals surface area (Å²) in [5, 5.41) is 2.22. The van der Waals surface area contributed by atoms with Crippen molar-refractivity contribution in [2.24, 2.45) is 0 Å². The summed E-state index contributed by atoms with van der Waals surface area (Å²) in [6.07, 6.45) is 3.65. The van der Waals surface area contributed by atoms with E-state index in [1.807, 2.05) is 30.5 Å². The largest absolute Gasteiger partial charge is 0.389 e. The zero-order chi connectivity index (χ0) is 11.1. The first-order valence-electron chi connectivity index (χ1n) is 5.18. The number of nitrogens with one attached hydrogen (secondary N) is 1. The van der Waals surface area contributed by atoms with Crippen molar-refractivity contribution in [2.45, 2.75) is 6.92 Å². The molecular formula is C13H11N2O+. The zero-order valence-corrected chi connectivity index (χ0v) is 8.90. The van der Waals surface area contributed by atoms with Gasteiger partial charge in [-0.3, -0.25) is 0 Å². The summed E-state index contributed by atoms with van der Waals surface area (Å²) in [5.41, 5.74) is 2.15. The predicted octanol–water partition coefficient (Wildman–Crippen LogP) is 2.27. The second kappa shape index (κ2) is 3.17. The number of hydrogen-bond donors (Lipinski definition) is 1. The molecule has 78 valence electrons. The first-order chi connectivity index (χ1) is 7.75. The van der Waals surface area contributed by atoms with Crippen molar-refractivity contribution < 1.29 is 9.36 Å². The SMILES string of the molecule is CC(=O)[n+]1ccc2[nH]c3ccccc3c2c1. The lowest BCUT2D eigenvalue weighted by Crippen LogP contribution is -2.39. The minimum Gasteiger partial charge on any atom is -0.354 e. The molecule has 2 aromatic heterocycles. The van der Waals surface area contributed by atoms with Crippen LogP contribution in [0.15, 0.2) is 42.7 Å². The molecule has 0 fully saturated rings. The lowest BCUT2D eigenvalue weighted by atomic mass is 10.2. The van der Waals surface area contributed by atoms with Gasteiger partial charge in [0.25, 0.3) is 0 Å². The molecule has 0 amide bonds. The molecule has 0 radical (unpaired) electrons. The van der Waals surface area contributed by atoms with Crippen LogP contribution in [-0.4, -0.2) is 10.9 Å². The summed E-state index contributed by atoms with van der Waals surface area (Å²) >= 11 is 0. The average molecular weight is 211 g/mol. The Balaban J connectivity index is 2.44. The summed E-state index contributed by atoms with van der Waals surface area (Å²) in [6, 6.07) is 10.0. The molecule has 1 N–H and O–H groups in total. The Morgan fingerprint density at radius 1 is 1.12 bits per heavy atom. The number of carbonyl (C=O) groups is 1. The van der Waals surface area contributed by atoms with Crippen molar-refractivity contribution >= 4 is 27.7 Å². The molecule has 3 heteroatoms. The number of para-hydroxylation sites is 1. The Kier molecular flexibility index (Phi) is 1.80. The Hall–Kier alpha value is -2.16. The number of pyridine rings is 1. The number of nitrogens with zero attached hydrogens (tertiary/aromatic N) is 1. The van der Waals surface area contributed by atoms with Gasteiger partial charge in [-0.15, -0.1) is 4.57 Å². The molecule has 0 spiro atoms. The molecule has 0 bridgehead atoms. The molecule has 0 unspecified atom stereocenters. The van der Waals surface area contributed by atoms with Crippen LogP contribution in [0.1, 0.15) is 11.7 Å². The van der Waals surface area contributed by atoms with Crippen molar-refractivity contribution in [1.82, 2.24) is 4.98 Å².